The molecule has 0 fully saturated rings. The summed E-state index contributed by atoms with van der Waals surface area (Å²) >= 11 is 0. The van der Waals surface area contributed by atoms with E-state index in [9.17, 15) is 8.78 Å². The molecule has 1 aromatic rings. The van der Waals surface area contributed by atoms with Crippen LogP contribution in [0.2, 0.25) is 0 Å². The molecule has 0 radical (unpaired) electrons. The van der Waals surface area contributed by atoms with Gasteiger partial charge in [0.1, 0.15) is 0 Å². The van der Waals surface area contributed by atoms with Crippen molar-refractivity contribution in [3.05, 3.63) is 17.8 Å². The van der Waals surface area contributed by atoms with Crippen molar-refractivity contribution in [1.29, 1.82) is 0 Å². The summed E-state index contributed by atoms with van der Waals surface area (Å²) in [6.45, 7) is 1.92. The minimum atomic E-state index is -2.58. The van der Waals surface area contributed by atoms with E-state index in [0.29, 0.717) is 12.3 Å². The number of oxazole rings is 1. The van der Waals surface area contributed by atoms with Crippen molar-refractivity contribution in [2.45, 2.75) is 25.8 Å². The molecule has 0 bridgehead atoms. The summed E-state index contributed by atoms with van der Waals surface area (Å²) in [5.74, 6) is -0.0181. The summed E-state index contributed by atoms with van der Waals surface area (Å²) in [5, 5.41) is 2.96. The molecule has 5 heteroatoms. The number of rotatable bonds is 4. The molecule has 0 aliphatic carbocycles. The maximum atomic E-state index is 12.1. The van der Waals surface area contributed by atoms with Crippen LogP contribution in [-0.2, 0) is 6.42 Å². The first kappa shape index (κ1) is 10.1. The quantitative estimate of drug-likeness (QED) is 0.786. The van der Waals surface area contributed by atoms with Crippen molar-refractivity contribution in [2.24, 2.45) is 0 Å². The molecule has 0 aromatic carbocycles. The van der Waals surface area contributed by atoms with Gasteiger partial charge in [-0.15, -0.1) is 0 Å². The molecular weight excluding hydrogens is 178 g/mol. The molecule has 0 amide bonds. The molecule has 1 N–H and O–H groups in total. The number of alkyl halides is 2. The third-order valence-corrected chi connectivity index (χ3v) is 1.76. The minimum absolute atomic E-state index is 0.171. The fraction of sp³-hybridized carbons (Fsp3) is 0.625. The first-order valence-electron chi connectivity index (χ1n) is 4.03. The molecule has 0 aliphatic heterocycles. The number of hydrogen-bond acceptors (Lipinski definition) is 3. The molecule has 1 heterocycles. The summed E-state index contributed by atoms with van der Waals surface area (Å²) in [4.78, 5) is 3.74. The zero-order valence-corrected chi connectivity index (χ0v) is 7.55. The SMILES string of the molecule is CNC(C)Cc1ncc(C(F)F)o1. The van der Waals surface area contributed by atoms with Gasteiger partial charge in [0.2, 0.25) is 0 Å². The van der Waals surface area contributed by atoms with Crippen LogP contribution in [0, 0.1) is 0 Å². The molecule has 1 aromatic heterocycles. The first-order valence-corrected chi connectivity index (χ1v) is 4.03. The second-order valence-corrected chi connectivity index (χ2v) is 2.85. The molecule has 0 saturated carbocycles. The molecule has 74 valence electrons. The second-order valence-electron chi connectivity index (χ2n) is 2.85. The van der Waals surface area contributed by atoms with E-state index >= 15 is 0 Å². The van der Waals surface area contributed by atoms with Gasteiger partial charge in [0, 0.05) is 12.5 Å². The lowest BCUT2D eigenvalue weighted by Gasteiger charge is -2.05. The molecule has 1 unspecified atom stereocenters. The normalized spacial score (nSPS) is 13.6. The highest BCUT2D eigenvalue weighted by Gasteiger charge is 2.14. The van der Waals surface area contributed by atoms with E-state index in [1.807, 2.05) is 6.92 Å². The van der Waals surface area contributed by atoms with Crippen LogP contribution in [0.5, 0.6) is 0 Å². The predicted molar refractivity (Wildman–Crippen MR) is 43.7 cm³/mol. The van der Waals surface area contributed by atoms with Gasteiger partial charge in [-0.25, -0.2) is 13.8 Å². The van der Waals surface area contributed by atoms with E-state index in [2.05, 4.69) is 10.3 Å². The van der Waals surface area contributed by atoms with Gasteiger partial charge in [0.15, 0.2) is 11.7 Å². The van der Waals surface area contributed by atoms with Crippen LogP contribution in [0.25, 0.3) is 0 Å². The van der Waals surface area contributed by atoms with Crippen molar-refractivity contribution >= 4 is 0 Å². The molecule has 0 saturated heterocycles. The van der Waals surface area contributed by atoms with E-state index in [1.54, 1.807) is 7.05 Å². The largest absolute Gasteiger partial charge is 0.440 e. The lowest BCUT2D eigenvalue weighted by Crippen LogP contribution is -2.23. The Kier molecular flexibility index (Phi) is 3.36. The number of aromatic nitrogens is 1. The fourth-order valence-corrected chi connectivity index (χ4v) is 0.884. The highest BCUT2D eigenvalue weighted by molar-refractivity contribution is 4.96. The standard InChI is InChI=1S/C8H12F2N2O/c1-5(11-2)3-7-12-4-6(13-7)8(9)10/h4-5,8,11H,3H2,1-2H3. The van der Waals surface area contributed by atoms with Crippen LogP contribution < -0.4 is 5.32 Å². The van der Waals surface area contributed by atoms with Crippen LogP contribution in [0.15, 0.2) is 10.6 Å². The van der Waals surface area contributed by atoms with Gasteiger partial charge < -0.3 is 9.73 Å². The zero-order valence-electron chi connectivity index (χ0n) is 7.55. The van der Waals surface area contributed by atoms with E-state index < -0.39 is 6.43 Å². The number of nitrogens with one attached hydrogen (secondary N) is 1. The summed E-state index contributed by atoms with van der Waals surface area (Å²) in [6.07, 6.45) is -0.989. The third-order valence-electron chi connectivity index (χ3n) is 1.76. The van der Waals surface area contributed by atoms with Gasteiger partial charge in [0.25, 0.3) is 6.43 Å². The Hall–Kier alpha value is -0.970. The zero-order chi connectivity index (χ0) is 9.84. The summed E-state index contributed by atoms with van der Waals surface area (Å²) < 4.78 is 28.9. The Morgan fingerprint density at radius 1 is 1.62 bits per heavy atom. The Morgan fingerprint density at radius 2 is 2.31 bits per heavy atom. The van der Waals surface area contributed by atoms with Crippen molar-refractivity contribution in [3.63, 3.8) is 0 Å². The van der Waals surface area contributed by atoms with Gasteiger partial charge in [0.05, 0.1) is 6.20 Å². The van der Waals surface area contributed by atoms with Crippen LogP contribution in [0.4, 0.5) is 8.78 Å². The van der Waals surface area contributed by atoms with Gasteiger partial charge in [-0.3, -0.25) is 0 Å². The smallest absolute Gasteiger partial charge is 0.297 e. The molecule has 1 atom stereocenters. The maximum absolute atomic E-state index is 12.1. The van der Waals surface area contributed by atoms with Crippen LogP contribution in [-0.4, -0.2) is 18.1 Å². The van der Waals surface area contributed by atoms with Crippen molar-refractivity contribution in [1.82, 2.24) is 10.3 Å². The predicted octanol–water partition coefficient (Wildman–Crippen LogP) is 1.76. The van der Waals surface area contributed by atoms with Crippen molar-refractivity contribution < 1.29 is 13.2 Å². The Morgan fingerprint density at radius 3 is 2.77 bits per heavy atom. The molecule has 1 rings (SSSR count). The van der Waals surface area contributed by atoms with Crippen molar-refractivity contribution in [2.75, 3.05) is 7.05 Å². The van der Waals surface area contributed by atoms with E-state index in [1.165, 1.54) is 0 Å². The molecule has 0 aliphatic rings. The van der Waals surface area contributed by atoms with Gasteiger partial charge >= 0.3 is 0 Å². The van der Waals surface area contributed by atoms with E-state index in [4.69, 9.17) is 4.42 Å². The average Bonchev–Trinajstić information content (AvgIpc) is 2.52. The summed E-state index contributed by atoms with van der Waals surface area (Å²) in [5.41, 5.74) is 0. The van der Waals surface area contributed by atoms with Gasteiger partial charge in [-0.05, 0) is 14.0 Å². The Balaban J connectivity index is 2.58. The second kappa shape index (κ2) is 4.32. The van der Waals surface area contributed by atoms with E-state index in [0.717, 1.165) is 6.20 Å². The van der Waals surface area contributed by atoms with E-state index in [-0.39, 0.29) is 11.8 Å². The summed E-state index contributed by atoms with van der Waals surface area (Å²) in [6, 6.07) is 0.171. The maximum Gasteiger partial charge on any atom is 0.297 e. The monoisotopic (exact) mass is 190 g/mol. The molecule has 13 heavy (non-hydrogen) atoms. The lowest BCUT2D eigenvalue weighted by atomic mass is 10.2. The van der Waals surface area contributed by atoms with Crippen LogP contribution >= 0.6 is 0 Å². The fourth-order valence-electron chi connectivity index (χ4n) is 0.884. The Labute approximate surface area is 75.2 Å². The first-order chi connectivity index (χ1) is 6.13. The molecular formula is C8H12F2N2O. The van der Waals surface area contributed by atoms with Crippen LogP contribution in [0.3, 0.4) is 0 Å². The summed E-state index contributed by atoms with van der Waals surface area (Å²) in [7, 11) is 1.79. The third kappa shape index (κ3) is 2.77. The highest BCUT2D eigenvalue weighted by Crippen LogP contribution is 2.19. The topological polar surface area (TPSA) is 38.1 Å². The lowest BCUT2D eigenvalue weighted by molar-refractivity contribution is 0.119. The minimum Gasteiger partial charge on any atom is -0.440 e. The van der Waals surface area contributed by atoms with Gasteiger partial charge in [-0.1, -0.05) is 0 Å². The number of likely N-dealkylation sites (N-methyl/N-ethyl adjacent to an activating group) is 1. The number of nitrogens with zero attached hydrogens (tertiary/aromatic N) is 1. The number of halogens is 2. The average molecular weight is 190 g/mol. The highest BCUT2D eigenvalue weighted by atomic mass is 19.3. The molecule has 3 nitrogen and oxygen atoms in total. The van der Waals surface area contributed by atoms with Gasteiger partial charge in [-0.2, -0.15) is 0 Å². The number of hydrogen-bond donors (Lipinski definition) is 1. The van der Waals surface area contributed by atoms with Crippen LogP contribution in [0.1, 0.15) is 25.0 Å². The Bertz CT molecular complexity index is 262. The van der Waals surface area contributed by atoms with Crippen molar-refractivity contribution in [3.8, 4) is 0 Å². The molecule has 0 spiro atoms.